The predicted octanol–water partition coefficient (Wildman–Crippen LogP) is 2.51. The van der Waals surface area contributed by atoms with E-state index in [0.29, 0.717) is 11.9 Å². The van der Waals surface area contributed by atoms with E-state index in [2.05, 4.69) is 26.7 Å². The average molecular weight is 272 g/mol. The average Bonchev–Trinajstić information content (AvgIpc) is 2.98. The SMILES string of the molecule is CCNc1nc(NCC2CCOC2)c2ccccc2n1. The fourth-order valence-corrected chi connectivity index (χ4v) is 2.43. The topological polar surface area (TPSA) is 59.1 Å². The van der Waals surface area contributed by atoms with Crippen LogP contribution < -0.4 is 10.6 Å². The summed E-state index contributed by atoms with van der Waals surface area (Å²) in [5.74, 6) is 2.15. The molecule has 1 saturated heterocycles. The Morgan fingerprint density at radius 3 is 2.95 bits per heavy atom. The van der Waals surface area contributed by atoms with Gasteiger partial charge < -0.3 is 15.4 Å². The molecule has 5 heteroatoms. The van der Waals surface area contributed by atoms with Crippen LogP contribution in [0.25, 0.3) is 10.9 Å². The lowest BCUT2D eigenvalue weighted by molar-refractivity contribution is 0.187. The Labute approximate surface area is 118 Å². The van der Waals surface area contributed by atoms with Crippen LogP contribution in [0.3, 0.4) is 0 Å². The summed E-state index contributed by atoms with van der Waals surface area (Å²) in [5, 5.41) is 7.70. The van der Waals surface area contributed by atoms with E-state index in [-0.39, 0.29) is 0 Å². The lowest BCUT2D eigenvalue weighted by Gasteiger charge is -2.13. The van der Waals surface area contributed by atoms with Gasteiger partial charge in [-0.05, 0) is 25.5 Å². The molecule has 3 rings (SSSR count). The van der Waals surface area contributed by atoms with E-state index in [1.54, 1.807) is 0 Å². The molecule has 1 aromatic heterocycles. The molecular formula is C15H20N4O. The molecule has 1 atom stereocenters. The maximum atomic E-state index is 5.41. The van der Waals surface area contributed by atoms with Gasteiger partial charge in [0.25, 0.3) is 0 Å². The molecule has 20 heavy (non-hydrogen) atoms. The highest BCUT2D eigenvalue weighted by atomic mass is 16.5. The highest BCUT2D eigenvalue weighted by Crippen LogP contribution is 2.22. The molecule has 1 aliphatic heterocycles. The number of hydrogen-bond acceptors (Lipinski definition) is 5. The third-order valence-electron chi connectivity index (χ3n) is 3.52. The molecule has 1 fully saturated rings. The van der Waals surface area contributed by atoms with Crippen LogP contribution in [0, 0.1) is 5.92 Å². The van der Waals surface area contributed by atoms with Gasteiger partial charge in [-0.3, -0.25) is 0 Å². The van der Waals surface area contributed by atoms with Crippen molar-refractivity contribution in [3.8, 4) is 0 Å². The predicted molar refractivity (Wildman–Crippen MR) is 81.1 cm³/mol. The van der Waals surface area contributed by atoms with Crippen molar-refractivity contribution in [3.63, 3.8) is 0 Å². The molecule has 1 aromatic carbocycles. The maximum Gasteiger partial charge on any atom is 0.225 e. The standard InChI is InChI=1S/C15H20N4O/c1-2-16-15-18-13-6-4-3-5-12(13)14(19-15)17-9-11-7-8-20-10-11/h3-6,11H,2,7-10H2,1H3,(H2,16,17,18,19). The lowest BCUT2D eigenvalue weighted by atomic mass is 10.1. The van der Waals surface area contributed by atoms with Crippen LogP contribution in [0.2, 0.25) is 0 Å². The minimum absolute atomic E-state index is 0.575. The Balaban J connectivity index is 1.86. The van der Waals surface area contributed by atoms with Crippen LogP contribution in [0.1, 0.15) is 13.3 Å². The first kappa shape index (κ1) is 13.1. The minimum Gasteiger partial charge on any atom is -0.381 e. The molecule has 2 aromatic rings. The van der Waals surface area contributed by atoms with E-state index < -0.39 is 0 Å². The van der Waals surface area contributed by atoms with Crippen molar-refractivity contribution in [2.75, 3.05) is 36.9 Å². The quantitative estimate of drug-likeness (QED) is 0.876. The molecule has 106 valence electrons. The zero-order valence-electron chi connectivity index (χ0n) is 11.7. The van der Waals surface area contributed by atoms with Gasteiger partial charge in [0.15, 0.2) is 0 Å². The number of rotatable bonds is 5. The molecule has 1 unspecified atom stereocenters. The molecule has 1 aliphatic rings. The normalized spacial score (nSPS) is 18.4. The first-order chi connectivity index (χ1) is 9.86. The van der Waals surface area contributed by atoms with Crippen LogP contribution in [-0.4, -0.2) is 36.3 Å². The molecule has 0 saturated carbocycles. The van der Waals surface area contributed by atoms with Crippen molar-refractivity contribution in [2.24, 2.45) is 5.92 Å². The number of fused-ring (bicyclic) bond motifs is 1. The number of benzene rings is 1. The van der Waals surface area contributed by atoms with E-state index in [4.69, 9.17) is 4.74 Å². The van der Waals surface area contributed by atoms with Gasteiger partial charge in [-0.1, -0.05) is 12.1 Å². The summed E-state index contributed by atoms with van der Waals surface area (Å²) >= 11 is 0. The first-order valence-corrected chi connectivity index (χ1v) is 7.19. The molecule has 0 bridgehead atoms. The van der Waals surface area contributed by atoms with Crippen LogP contribution in [-0.2, 0) is 4.74 Å². The Bertz CT molecular complexity index is 581. The summed E-state index contributed by atoms with van der Waals surface area (Å²) in [6.45, 7) is 5.47. The van der Waals surface area contributed by atoms with Crippen molar-refractivity contribution in [1.82, 2.24) is 9.97 Å². The van der Waals surface area contributed by atoms with Gasteiger partial charge in [0.2, 0.25) is 5.95 Å². The van der Waals surface area contributed by atoms with Gasteiger partial charge >= 0.3 is 0 Å². The Morgan fingerprint density at radius 1 is 1.25 bits per heavy atom. The van der Waals surface area contributed by atoms with Crippen molar-refractivity contribution in [2.45, 2.75) is 13.3 Å². The molecule has 0 aliphatic carbocycles. The fraction of sp³-hybridized carbons (Fsp3) is 0.467. The number of nitrogens with one attached hydrogen (secondary N) is 2. The van der Waals surface area contributed by atoms with E-state index in [9.17, 15) is 0 Å². The number of ether oxygens (including phenoxy) is 1. The van der Waals surface area contributed by atoms with Gasteiger partial charge in [-0.25, -0.2) is 4.98 Å². The first-order valence-electron chi connectivity index (χ1n) is 7.19. The Morgan fingerprint density at radius 2 is 2.15 bits per heavy atom. The smallest absolute Gasteiger partial charge is 0.225 e. The monoisotopic (exact) mass is 272 g/mol. The summed E-state index contributed by atoms with van der Waals surface area (Å²) in [5.41, 5.74) is 0.962. The largest absolute Gasteiger partial charge is 0.381 e. The third kappa shape index (κ3) is 2.82. The van der Waals surface area contributed by atoms with Crippen molar-refractivity contribution < 1.29 is 4.74 Å². The number of nitrogens with zero attached hydrogens (tertiary/aromatic N) is 2. The summed E-state index contributed by atoms with van der Waals surface area (Å²) in [4.78, 5) is 9.10. The van der Waals surface area contributed by atoms with Gasteiger partial charge in [0.1, 0.15) is 5.82 Å². The van der Waals surface area contributed by atoms with Gasteiger partial charge in [-0.2, -0.15) is 4.98 Å². The molecule has 2 heterocycles. The highest BCUT2D eigenvalue weighted by Gasteiger charge is 2.16. The summed E-state index contributed by atoms with van der Waals surface area (Å²) < 4.78 is 5.41. The minimum atomic E-state index is 0.575. The van der Waals surface area contributed by atoms with E-state index in [1.165, 1.54) is 0 Å². The van der Waals surface area contributed by atoms with Gasteiger partial charge in [0.05, 0.1) is 12.1 Å². The fourth-order valence-electron chi connectivity index (χ4n) is 2.43. The third-order valence-corrected chi connectivity index (χ3v) is 3.52. The second kappa shape index (κ2) is 6.05. The second-order valence-corrected chi connectivity index (χ2v) is 5.05. The lowest BCUT2D eigenvalue weighted by Crippen LogP contribution is -2.16. The molecule has 0 spiro atoms. The molecule has 5 nitrogen and oxygen atoms in total. The van der Waals surface area contributed by atoms with Crippen LogP contribution >= 0.6 is 0 Å². The molecular weight excluding hydrogens is 252 g/mol. The Hall–Kier alpha value is -1.88. The van der Waals surface area contributed by atoms with Crippen molar-refractivity contribution in [1.29, 1.82) is 0 Å². The van der Waals surface area contributed by atoms with Crippen LogP contribution in [0.4, 0.5) is 11.8 Å². The van der Waals surface area contributed by atoms with Crippen LogP contribution in [0.15, 0.2) is 24.3 Å². The Kier molecular flexibility index (Phi) is 3.97. The molecule has 0 amide bonds. The number of aromatic nitrogens is 2. The van der Waals surface area contributed by atoms with Crippen molar-refractivity contribution in [3.05, 3.63) is 24.3 Å². The zero-order chi connectivity index (χ0) is 13.8. The van der Waals surface area contributed by atoms with Crippen LogP contribution in [0.5, 0.6) is 0 Å². The van der Waals surface area contributed by atoms with E-state index in [1.807, 2.05) is 25.1 Å². The summed E-state index contributed by atoms with van der Waals surface area (Å²) in [6.07, 6.45) is 1.12. The molecule has 0 radical (unpaired) electrons. The number of anilines is 2. The molecule has 2 N–H and O–H groups in total. The van der Waals surface area contributed by atoms with E-state index in [0.717, 1.165) is 49.4 Å². The number of hydrogen-bond donors (Lipinski definition) is 2. The maximum absolute atomic E-state index is 5.41. The second-order valence-electron chi connectivity index (χ2n) is 5.05. The van der Waals surface area contributed by atoms with E-state index >= 15 is 0 Å². The van der Waals surface area contributed by atoms with Crippen molar-refractivity contribution >= 4 is 22.7 Å². The highest BCUT2D eigenvalue weighted by molar-refractivity contribution is 5.89. The zero-order valence-corrected chi connectivity index (χ0v) is 11.7. The summed E-state index contributed by atoms with van der Waals surface area (Å²) in [6, 6.07) is 8.09. The van der Waals surface area contributed by atoms with Gasteiger partial charge in [0, 0.05) is 31.0 Å². The number of para-hydroxylation sites is 1. The van der Waals surface area contributed by atoms with Gasteiger partial charge in [-0.15, -0.1) is 0 Å². The summed E-state index contributed by atoms with van der Waals surface area (Å²) in [7, 11) is 0.